The van der Waals surface area contributed by atoms with Crippen molar-refractivity contribution in [3.8, 4) is 22.3 Å². The van der Waals surface area contributed by atoms with Gasteiger partial charge in [0.15, 0.2) is 0 Å². The minimum Gasteiger partial charge on any atom is -0.255 e. The van der Waals surface area contributed by atoms with Crippen LogP contribution in [0.5, 0.6) is 0 Å². The van der Waals surface area contributed by atoms with E-state index in [9.17, 15) is 0 Å². The van der Waals surface area contributed by atoms with Crippen LogP contribution in [-0.4, -0.2) is 9.97 Å². The Morgan fingerprint density at radius 2 is 0.833 bits per heavy atom. The van der Waals surface area contributed by atoms with Gasteiger partial charge >= 0.3 is 0 Å². The van der Waals surface area contributed by atoms with Crippen LogP contribution in [0, 0.1) is 0 Å². The monoisotopic (exact) mass is 382 g/mol. The van der Waals surface area contributed by atoms with Crippen LogP contribution in [0.2, 0.25) is 0 Å². The van der Waals surface area contributed by atoms with E-state index in [0.717, 1.165) is 43.7 Å². The maximum absolute atomic E-state index is 4.88. The average molecular weight is 382 g/mol. The minimum absolute atomic E-state index is 0.998. The SMILES string of the molecule is c1ccc(-c2cnc3c(ccc4ccc5cc(-c6ccccc6)cnc5c43)c2)cc1. The molecule has 0 atom stereocenters. The molecule has 0 spiro atoms. The van der Waals surface area contributed by atoms with Crippen LogP contribution in [0.3, 0.4) is 0 Å². The second-order valence-electron chi connectivity index (χ2n) is 7.55. The molecule has 0 unspecified atom stereocenters. The van der Waals surface area contributed by atoms with E-state index < -0.39 is 0 Å². The smallest absolute Gasteiger partial charge is 0.0802 e. The topological polar surface area (TPSA) is 25.8 Å². The van der Waals surface area contributed by atoms with Crippen LogP contribution >= 0.6 is 0 Å². The minimum atomic E-state index is 0.998. The van der Waals surface area contributed by atoms with Gasteiger partial charge in [-0.1, -0.05) is 84.9 Å². The third-order valence-corrected chi connectivity index (χ3v) is 5.70. The summed E-state index contributed by atoms with van der Waals surface area (Å²) in [6, 6.07) is 33.8. The highest BCUT2D eigenvalue weighted by Crippen LogP contribution is 2.33. The van der Waals surface area contributed by atoms with Crippen LogP contribution in [0.4, 0.5) is 0 Å². The molecule has 0 aliphatic carbocycles. The molecule has 30 heavy (non-hydrogen) atoms. The Bertz CT molecular complexity index is 1410. The van der Waals surface area contributed by atoms with Crippen molar-refractivity contribution in [2.45, 2.75) is 0 Å². The molecule has 0 amide bonds. The highest BCUT2D eigenvalue weighted by atomic mass is 14.7. The fourth-order valence-corrected chi connectivity index (χ4v) is 4.18. The molecule has 0 N–H and O–H groups in total. The van der Waals surface area contributed by atoms with E-state index in [1.807, 2.05) is 24.5 Å². The van der Waals surface area contributed by atoms with Gasteiger partial charge in [-0.3, -0.25) is 9.97 Å². The van der Waals surface area contributed by atoms with Gasteiger partial charge in [-0.25, -0.2) is 0 Å². The van der Waals surface area contributed by atoms with Crippen LogP contribution in [0.25, 0.3) is 54.8 Å². The molecule has 0 saturated carbocycles. The Morgan fingerprint density at radius 3 is 1.30 bits per heavy atom. The molecular weight excluding hydrogens is 364 g/mol. The Hall–Kier alpha value is -4.04. The molecule has 6 aromatic rings. The lowest BCUT2D eigenvalue weighted by Gasteiger charge is -2.10. The summed E-state index contributed by atoms with van der Waals surface area (Å²) in [5.41, 5.74) is 6.60. The van der Waals surface area contributed by atoms with Crippen LogP contribution in [0.15, 0.2) is 109 Å². The number of hydrogen-bond acceptors (Lipinski definition) is 2. The fraction of sp³-hybridized carbons (Fsp3) is 0. The number of rotatable bonds is 2. The molecule has 2 nitrogen and oxygen atoms in total. The molecule has 2 aromatic heterocycles. The summed E-state index contributed by atoms with van der Waals surface area (Å²) in [4.78, 5) is 9.75. The van der Waals surface area contributed by atoms with Crippen molar-refractivity contribution in [1.29, 1.82) is 0 Å². The summed E-state index contributed by atoms with van der Waals surface area (Å²) in [5.74, 6) is 0. The molecule has 140 valence electrons. The Morgan fingerprint density at radius 1 is 0.400 bits per heavy atom. The lowest BCUT2D eigenvalue weighted by Crippen LogP contribution is -1.89. The summed E-state index contributed by atoms with van der Waals surface area (Å²) < 4.78 is 0. The first-order valence-corrected chi connectivity index (χ1v) is 10.1. The third-order valence-electron chi connectivity index (χ3n) is 5.70. The predicted octanol–water partition coefficient (Wildman–Crippen LogP) is 7.27. The summed E-state index contributed by atoms with van der Waals surface area (Å²) in [6.07, 6.45) is 3.93. The van der Waals surface area contributed by atoms with Crippen molar-refractivity contribution in [2.75, 3.05) is 0 Å². The van der Waals surface area contributed by atoms with Crippen molar-refractivity contribution >= 4 is 32.6 Å². The molecule has 0 saturated heterocycles. The van der Waals surface area contributed by atoms with Crippen molar-refractivity contribution in [2.24, 2.45) is 0 Å². The van der Waals surface area contributed by atoms with Gasteiger partial charge in [0.05, 0.1) is 11.0 Å². The number of aromatic nitrogens is 2. The second-order valence-corrected chi connectivity index (χ2v) is 7.55. The quantitative estimate of drug-likeness (QED) is 0.294. The van der Waals surface area contributed by atoms with Gasteiger partial charge in [0.25, 0.3) is 0 Å². The van der Waals surface area contributed by atoms with Gasteiger partial charge in [0.1, 0.15) is 0 Å². The molecular formula is C28H18N2. The largest absolute Gasteiger partial charge is 0.255 e. The van der Waals surface area contributed by atoms with Gasteiger partial charge in [-0.2, -0.15) is 0 Å². The van der Waals surface area contributed by atoms with Crippen molar-refractivity contribution in [1.82, 2.24) is 9.97 Å². The van der Waals surface area contributed by atoms with E-state index in [4.69, 9.17) is 9.97 Å². The Labute approximate surface area is 174 Å². The molecule has 0 aliphatic heterocycles. The summed E-state index contributed by atoms with van der Waals surface area (Å²) in [5, 5.41) is 4.54. The molecule has 0 bridgehead atoms. The number of fused-ring (bicyclic) bond motifs is 5. The first-order chi connectivity index (χ1) is 14.9. The van der Waals surface area contributed by atoms with Crippen LogP contribution < -0.4 is 0 Å². The van der Waals surface area contributed by atoms with E-state index in [-0.39, 0.29) is 0 Å². The number of nitrogens with zero attached hydrogens (tertiary/aromatic N) is 2. The maximum atomic E-state index is 4.88. The zero-order chi connectivity index (χ0) is 19.9. The molecule has 0 radical (unpaired) electrons. The third kappa shape index (κ3) is 2.73. The second kappa shape index (κ2) is 6.78. The van der Waals surface area contributed by atoms with Crippen LogP contribution in [0.1, 0.15) is 0 Å². The number of benzene rings is 4. The van der Waals surface area contributed by atoms with Crippen molar-refractivity contribution in [3.05, 3.63) is 109 Å². The predicted molar refractivity (Wildman–Crippen MR) is 125 cm³/mol. The maximum Gasteiger partial charge on any atom is 0.0802 e. The van der Waals surface area contributed by atoms with Crippen molar-refractivity contribution < 1.29 is 0 Å². The molecule has 0 fully saturated rings. The average Bonchev–Trinajstić information content (AvgIpc) is 2.84. The van der Waals surface area contributed by atoms with E-state index >= 15 is 0 Å². The van der Waals surface area contributed by atoms with Crippen molar-refractivity contribution in [3.63, 3.8) is 0 Å². The molecule has 6 rings (SSSR count). The Kier molecular flexibility index (Phi) is 3.82. The molecule has 2 heterocycles. The first-order valence-electron chi connectivity index (χ1n) is 10.1. The van der Waals surface area contributed by atoms with E-state index in [0.29, 0.717) is 0 Å². The zero-order valence-electron chi connectivity index (χ0n) is 16.3. The highest BCUT2D eigenvalue weighted by molar-refractivity contribution is 6.18. The zero-order valence-corrected chi connectivity index (χ0v) is 16.3. The first kappa shape index (κ1) is 16.9. The number of pyridine rings is 2. The standard InChI is InChI=1S/C28H18N2/c1-3-7-19(8-4-1)24-15-22-13-11-21-12-14-23-16-25(20-9-5-2-6-10-20)18-30-28(23)26(21)27(22)29-17-24/h1-18H. The summed E-state index contributed by atoms with van der Waals surface area (Å²) in [7, 11) is 0. The highest BCUT2D eigenvalue weighted by Gasteiger charge is 2.10. The normalized spacial score (nSPS) is 11.3. The van der Waals surface area contributed by atoms with E-state index in [1.165, 1.54) is 11.1 Å². The fourth-order valence-electron chi connectivity index (χ4n) is 4.18. The molecule has 0 aliphatic rings. The van der Waals surface area contributed by atoms with E-state index in [1.54, 1.807) is 0 Å². The molecule has 4 aromatic carbocycles. The lowest BCUT2D eigenvalue weighted by molar-refractivity contribution is 1.40. The van der Waals surface area contributed by atoms with Gasteiger partial charge in [0.2, 0.25) is 0 Å². The Balaban J connectivity index is 1.59. The van der Waals surface area contributed by atoms with E-state index in [2.05, 4.69) is 84.9 Å². The number of hydrogen-bond donors (Lipinski definition) is 0. The van der Waals surface area contributed by atoms with Crippen LogP contribution in [-0.2, 0) is 0 Å². The lowest BCUT2D eigenvalue weighted by atomic mass is 9.99. The summed E-state index contributed by atoms with van der Waals surface area (Å²) >= 11 is 0. The van der Waals surface area contributed by atoms with Gasteiger partial charge in [-0.15, -0.1) is 0 Å². The van der Waals surface area contributed by atoms with Gasteiger partial charge < -0.3 is 0 Å². The van der Waals surface area contributed by atoms with Gasteiger partial charge in [0, 0.05) is 39.7 Å². The summed E-state index contributed by atoms with van der Waals surface area (Å²) in [6.45, 7) is 0. The molecule has 2 heteroatoms. The van der Waals surface area contributed by atoms with Gasteiger partial charge in [-0.05, 0) is 28.6 Å².